The van der Waals surface area contributed by atoms with Gasteiger partial charge in [-0.25, -0.2) is 0 Å². The fourth-order valence-corrected chi connectivity index (χ4v) is 2.95. The van der Waals surface area contributed by atoms with Crippen LogP contribution >= 0.6 is 34.2 Å². The van der Waals surface area contributed by atoms with Crippen molar-refractivity contribution in [2.75, 3.05) is 13.2 Å². The van der Waals surface area contributed by atoms with Gasteiger partial charge in [0, 0.05) is 11.2 Å². The highest BCUT2D eigenvalue weighted by Gasteiger charge is 2.11. The Kier molecular flexibility index (Phi) is 6.95. The summed E-state index contributed by atoms with van der Waals surface area (Å²) in [5, 5.41) is 0.701. The van der Waals surface area contributed by atoms with Gasteiger partial charge in [-0.3, -0.25) is 4.99 Å². The van der Waals surface area contributed by atoms with Crippen LogP contribution in [0.25, 0.3) is 0 Å². The molecule has 124 valence electrons. The zero-order valence-corrected chi connectivity index (χ0v) is 16.4. The first-order valence-corrected chi connectivity index (χ1v) is 8.83. The number of rotatable bonds is 6. The number of hydrogen-bond donors (Lipinski definition) is 0. The first-order valence-electron chi connectivity index (χ1n) is 7.38. The topological polar surface area (TPSA) is 30.8 Å². The Labute approximate surface area is 161 Å². The second-order valence-corrected chi connectivity index (χ2v) is 6.52. The summed E-state index contributed by atoms with van der Waals surface area (Å²) in [5.41, 5.74) is 2.73. The molecule has 0 N–H and O–H groups in total. The molecule has 0 amide bonds. The van der Waals surface area contributed by atoms with E-state index in [9.17, 15) is 0 Å². The molecule has 5 heteroatoms. The lowest BCUT2D eigenvalue weighted by Gasteiger charge is -2.13. The van der Waals surface area contributed by atoms with Crippen molar-refractivity contribution < 1.29 is 9.47 Å². The van der Waals surface area contributed by atoms with Gasteiger partial charge in [0.2, 0.25) is 0 Å². The minimum absolute atomic E-state index is 0.200. The molecular weight excluding hydrogens is 437 g/mol. The Bertz CT molecular complexity index is 797. The number of benzene rings is 2. The molecule has 0 radical (unpaired) electrons. The molecule has 0 spiro atoms. The standard InChI is InChI=1S/C19H17ClINO2/c1-4-8-24-19-17(21)9-14(10-18(19)23-5-2)12-22-15-7-6-13(3)16(20)11-15/h1,6-7,9-12H,5,8H2,2-3H3. The fourth-order valence-electron chi connectivity index (χ4n) is 1.99. The second-order valence-electron chi connectivity index (χ2n) is 4.95. The van der Waals surface area contributed by atoms with Gasteiger partial charge in [-0.1, -0.05) is 23.6 Å². The molecule has 2 rings (SSSR count). The smallest absolute Gasteiger partial charge is 0.175 e. The molecule has 3 nitrogen and oxygen atoms in total. The predicted octanol–water partition coefficient (Wildman–Crippen LogP) is 5.41. The van der Waals surface area contributed by atoms with Gasteiger partial charge >= 0.3 is 0 Å². The van der Waals surface area contributed by atoms with Crippen molar-refractivity contribution in [3.63, 3.8) is 0 Å². The highest BCUT2D eigenvalue weighted by atomic mass is 127. The van der Waals surface area contributed by atoms with E-state index in [4.69, 9.17) is 27.5 Å². The third-order valence-corrected chi connectivity index (χ3v) is 4.36. The van der Waals surface area contributed by atoms with Gasteiger partial charge < -0.3 is 9.47 Å². The first kappa shape index (κ1) is 18.6. The zero-order chi connectivity index (χ0) is 17.5. The maximum atomic E-state index is 6.13. The van der Waals surface area contributed by atoms with Crippen molar-refractivity contribution >= 4 is 46.1 Å². The Balaban J connectivity index is 2.31. The zero-order valence-electron chi connectivity index (χ0n) is 13.5. The highest BCUT2D eigenvalue weighted by Crippen LogP contribution is 2.34. The van der Waals surface area contributed by atoms with Crippen LogP contribution in [-0.4, -0.2) is 19.4 Å². The van der Waals surface area contributed by atoms with Crippen molar-refractivity contribution in [1.82, 2.24) is 0 Å². The van der Waals surface area contributed by atoms with E-state index in [0.717, 1.165) is 20.4 Å². The number of terminal acetylenes is 1. The molecule has 0 aliphatic carbocycles. The monoisotopic (exact) mass is 453 g/mol. The van der Waals surface area contributed by atoms with E-state index in [1.54, 1.807) is 6.21 Å². The SMILES string of the molecule is C#CCOc1c(I)cc(C=Nc2ccc(C)c(Cl)c2)cc1OCC. The number of hydrogen-bond acceptors (Lipinski definition) is 3. The van der Waals surface area contributed by atoms with Crippen molar-refractivity contribution in [2.45, 2.75) is 13.8 Å². The average Bonchev–Trinajstić information content (AvgIpc) is 2.55. The van der Waals surface area contributed by atoms with Crippen LogP contribution in [0.3, 0.4) is 0 Å². The van der Waals surface area contributed by atoms with E-state index in [1.165, 1.54) is 0 Å². The Morgan fingerprint density at radius 2 is 2.08 bits per heavy atom. The summed E-state index contributed by atoms with van der Waals surface area (Å²) in [6, 6.07) is 9.56. The van der Waals surface area contributed by atoms with Crippen LogP contribution in [0.5, 0.6) is 11.5 Å². The quantitative estimate of drug-likeness (QED) is 0.332. The molecule has 2 aromatic rings. The van der Waals surface area contributed by atoms with Gasteiger partial charge in [0.25, 0.3) is 0 Å². The van der Waals surface area contributed by atoms with Crippen LogP contribution in [0, 0.1) is 22.8 Å². The molecule has 0 fully saturated rings. The number of ether oxygens (including phenoxy) is 2. The molecule has 0 bridgehead atoms. The lowest BCUT2D eigenvalue weighted by molar-refractivity contribution is 0.298. The molecule has 0 saturated carbocycles. The minimum Gasteiger partial charge on any atom is -0.490 e. The number of halogens is 2. The average molecular weight is 454 g/mol. The Morgan fingerprint density at radius 3 is 2.75 bits per heavy atom. The maximum absolute atomic E-state index is 6.13. The van der Waals surface area contributed by atoms with Crippen LogP contribution in [-0.2, 0) is 0 Å². The summed E-state index contributed by atoms with van der Waals surface area (Å²) in [5.74, 6) is 3.78. The molecule has 0 aliphatic rings. The van der Waals surface area contributed by atoms with E-state index >= 15 is 0 Å². The van der Waals surface area contributed by atoms with Gasteiger partial charge in [-0.15, -0.1) is 6.42 Å². The summed E-state index contributed by atoms with van der Waals surface area (Å²) in [7, 11) is 0. The molecule has 0 saturated heterocycles. The summed E-state index contributed by atoms with van der Waals surface area (Å²) in [6.07, 6.45) is 7.04. The van der Waals surface area contributed by atoms with E-state index in [2.05, 4.69) is 33.5 Å². The summed E-state index contributed by atoms with van der Waals surface area (Å²) >= 11 is 8.33. The van der Waals surface area contributed by atoms with Crippen molar-refractivity contribution in [3.8, 4) is 23.8 Å². The summed E-state index contributed by atoms with van der Waals surface area (Å²) in [6.45, 7) is 4.62. The normalized spacial score (nSPS) is 10.6. The van der Waals surface area contributed by atoms with Gasteiger partial charge in [0.05, 0.1) is 15.9 Å². The molecule has 2 aromatic carbocycles. The van der Waals surface area contributed by atoms with Crippen LogP contribution in [0.15, 0.2) is 35.3 Å². The molecule has 0 aromatic heterocycles. The second kappa shape index (κ2) is 8.95. The van der Waals surface area contributed by atoms with E-state index in [-0.39, 0.29) is 6.61 Å². The van der Waals surface area contributed by atoms with Gasteiger partial charge in [-0.05, 0) is 71.8 Å². The van der Waals surface area contributed by atoms with Crippen molar-refractivity contribution in [3.05, 3.63) is 50.1 Å². The van der Waals surface area contributed by atoms with E-state index in [0.29, 0.717) is 23.1 Å². The van der Waals surface area contributed by atoms with Crippen LogP contribution < -0.4 is 9.47 Å². The molecular formula is C19H17ClINO2. The number of nitrogens with zero attached hydrogens (tertiary/aromatic N) is 1. The van der Waals surface area contributed by atoms with Crippen LogP contribution in [0.1, 0.15) is 18.1 Å². The van der Waals surface area contributed by atoms with Crippen LogP contribution in [0.2, 0.25) is 5.02 Å². The summed E-state index contributed by atoms with van der Waals surface area (Å²) in [4.78, 5) is 4.47. The molecule has 24 heavy (non-hydrogen) atoms. The van der Waals surface area contributed by atoms with Gasteiger partial charge in [0.15, 0.2) is 11.5 Å². The maximum Gasteiger partial charge on any atom is 0.175 e. The van der Waals surface area contributed by atoms with Crippen molar-refractivity contribution in [2.24, 2.45) is 4.99 Å². The Morgan fingerprint density at radius 1 is 1.29 bits per heavy atom. The molecule has 0 aliphatic heterocycles. The molecule has 0 unspecified atom stereocenters. The predicted molar refractivity (Wildman–Crippen MR) is 108 cm³/mol. The third-order valence-electron chi connectivity index (χ3n) is 3.15. The Hall–Kier alpha value is -1.71. The molecule has 0 atom stereocenters. The highest BCUT2D eigenvalue weighted by molar-refractivity contribution is 14.1. The number of aliphatic imine (C=N–C) groups is 1. The minimum atomic E-state index is 0.200. The lowest BCUT2D eigenvalue weighted by atomic mass is 10.2. The van der Waals surface area contributed by atoms with E-state index in [1.807, 2.05) is 44.2 Å². The summed E-state index contributed by atoms with van der Waals surface area (Å²) < 4.78 is 12.2. The molecule has 0 heterocycles. The first-order chi connectivity index (χ1) is 11.5. The third kappa shape index (κ3) is 4.89. The van der Waals surface area contributed by atoms with Crippen molar-refractivity contribution in [1.29, 1.82) is 0 Å². The van der Waals surface area contributed by atoms with Crippen LogP contribution in [0.4, 0.5) is 5.69 Å². The lowest BCUT2D eigenvalue weighted by Crippen LogP contribution is -2.02. The van der Waals surface area contributed by atoms with Gasteiger partial charge in [0.1, 0.15) is 6.61 Å². The van der Waals surface area contributed by atoms with Gasteiger partial charge in [-0.2, -0.15) is 0 Å². The largest absolute Gasteiger partial charge is 0.490 e. The van der Waals surface area contributed by atoms with E-state index < -0.39 is 0 Å². The fraction of sp³-hybridized carbons (Fsp3) is 0.211. The number of aryl methyl sites for hydroxylation is 1.